The normalized spacial score (nSPS) is 13.5. The van der Waals surface area contributed by atoms with Crippen LogP contribution in [0.1, 0.15) is 0 Å². The van der Waals surface area contributed by atoms with Gasteiger partial charge in [0.25, 0.3) is 0 Å². The van der Waals surface area contributed by atoms with Crippen LogP contribution in [-0.4, -0.2) is 25.9 Å². The van der Waals surface area contributed by atoms with Gasteiger partial charge in [-0.15, -0.1) is 13.2 Å². The van der Waals surface area contributed by atoms with Gasteiger partial charge in [0.05, 0.1) is 0 Å². The van der Waals surface area contributed by atoms with Crippen molar-refractivity contribution >= 4 is 0 Å². The highest BCUT2D eigenvalue weighted by atomic mass is 19.4. The fraction of sp³-hybridized carbons (Fsp3) is 1.00. The first-order valence-electron chi connectivity index (χ1n) is 2.55. The molecule has 74 valence electrons. The molecule has 0 saturated carbocycles. The highest BCUT2D eigenvalue weighted by Gasteiger charge is 2.38. The van der Waals surface area contributed by atoms with Crippen LogP contribution in [0.2, 0.25) is 0 Å². The highest BCUT2D eigenvalue weighted by Crippen LogP contribution is 2.22. The van der Waals surface area contributed by atoms with Crippen molar-refractivity contribution in [3.63, 3.8) is 0 Å². The average molecular weight is 198 g/mol. The first-order chi connectivity index (χ1) is 5.27. The molecule has 0 rings (SSSR count). The summed E-state index contributed by atoms with van der Waals surface area (Å²) in [7, 11) is 0. The molecule has 0 atom stereocenters. The molecule has 12 heavy (non-hydrogen) atoms. The second-order valence-corrected chi connectivity index (χ2v) is 1.63. The lowest BCUT2D eigenvalue weighted by atomic mass is 10.7. The summed E-state index contributed by atoms with van der Waals surface area (Å²) in [5.74, 6) is 0. The van der Waals surface area contributed by atoms with Crippen LogP contribution in [0.25, 0.3) is 0 Å². The number of hydrogen-bond acceptors (Lipinski definition) is 2. The summed E-state index contributed by atoms with van der Waals surface area (Å²) in [5, 5.41) is 0. The van der Waals surface area contributed by atoms with E-state index >= 15 is 0 Å². The van der Waals surface area contributed by atoms with E-state index in [0.29, 0.717) is 0 Å². The highest BCUT2D eigenvalue weighted by molar-refractivity contribution is 4.48. The minimum absolute atomic E-state index is 1.88. The van der Waals surface area contributed by atoms with Crippen molar-refractivity contribution in [3.8, 4) is 0 Å². The smallest absolute Gasteiger partial charge is 0.287 e. The van der Waals surface area contributed by atoms with E-state index in [1.807, 2.05) is 0 Å². The molecule has 0 bridgehead atoms. The van der Waals surface area contributed by atoms with Crippen LogP contribution >= 0.6 is 0 Å². The number of halogens is 6. The average Bonchev–Trinajstić information content (AvgIpc) is 1.83. The maximum atomic E-state index is 11.9. The summed E-state index contributed by atoms with van der Waals surface area (Å²) in [5.41, 5.74) is 0. The molecule has 0 aliphatic rings. The topological polar surface area (TPSA) is 18.5 Å². The minimum atomic E-state index is -5.18. The Morgan fingerprint density at radius 3 is 1.75 bits per heavy atom. The Morgan fingerprint density at radius 2 is 1.42 bits per heavy atom. The maximum Gasteiger partial charge on any atom is 0.522 e. The molecule has 2 nitrogen and oxygen atoms in total. The first-order valence-corrected chi connectivity index (χ1v) is 2.55. The fourth-order valence-electron chi connectivity index (χ4n) is 0.287. The lowest BCUT2D eigenvalue weighted by Crippen LogP contribution is -2.31. The van der Waals surface area contributed by atoms with E-state index in [2.05, 4.69) is 9.47 Å². The molecular formula is C4H4F6O2. The van der Waals surface area contributed by atoms with Crippen molar-refractivity contribution in [1.29, 1.82) is 0 Å². The molecular weight excluding hydrogens is 194 g/mol. The second-order valence-electron chi connectivity index (χ2n) is 1.63. The summed E-state index contributed by atoms with van der Waals surface area (Å²) in [6, 6.07) is 0. The zero-order chi connectivity index (χ0) is 9.83. The van der Waals surface area contributed by atoms with Crippen LogP contribution in [0.5, 0.6) is 0 Å². The van der Waals surface area contributed by atoms with E-state index < -0.39 is 25.9 Å². The molecule has 0 fully saturated rings. The number of hydrogen-bond donors (Lipinski definition) is 0. The number of rotatable bonds is 4. The third-order valence-electron chi connectivity index (χ3n) is 0.670. The molecule has 0 radical (unpaired) electrons. The second kappa shape index (κ2) is 3.94. The van der Waals surface area contributed by atoms with Gasteiger partial charge in [0, 0.05) is 0 Å². The van der Waals surface area contributed by atoms with Gasteiger partial charge in [0.1, 0.15) is 6.61 Å². The van der Waals surface area contributed by atoms with Crippen LogP contribution < -0.4 is 0 Å². The molecule has 0 aliphatic carbocycles. The van der Waals surface area contributed by atoms with Crippen molar-refractivity contribution in [2.75, 3.05) is 13.5 Å². The van der Waals surface area contributed by atoms with Crippen LogP contribution in [0, 0.1) is 0 Å². The standard InChI is InChI=1S/C4H4F6O2/c5-2-12-3(6,7)1-11-4(8,9)10/h1-2H2. The Kier molecular flexibility index (Phi) is 3.78. The quantitative estimate of drug-likeness (QED) is 0.643. The summed E-state index contributed by atoms with van der Waals surface area (Å²) < 4.78 is 73.9. The monoisotopic (exact) mass is 198 g/mol. The molecule has 0 amide bonds. The van der Waals surface area contributed by atoms with Crippen molar-refractivity contribution < 1.29 is 35.8 Å². The summed E-state index contributed by atoms with van der Waals surface area (Å²) >= 11 is 0. The zero-order valence-electron chi connectivity index (χ0n) is 5.50. The van der Waals surface area contributed by atoms with Crippen molar-refractivity contribution in [2.45, 2.75) is 12.5 Å². The Hall–Kier alpha value is -0.500. The largest absolute Gasteiger partial charge is 0.522 e. The Morgan fingerprint density at radius 1 is 0.917 bits per heavy atom. The predicted octanol–water partition coefficient (Wildman–Crippen LogP) is 2.06. The molecule has 0 N–H and O–H groups in total. The molecule has 0 aromatic rings. The lowest BCUT2D eigenvalue weighted by molar-refractivity contribution is -0.372. The van der Waals surface area contributed by atoms with E-state index in [1.165, 1.54) is 0 Å². The van der Waals surface area contributed by atoms with E-state index in [-0.39, 0.29) is 0 Å². The van der Waals surface area contributed by atoms with Gasteiger partial charge in [-0.25, -0.2) is 4.39 Å². The van der Waals surface area contributed by atoms with Gasteiger partial charge in [-0.3, -0.25) is 9.47 Å². The van der Waals surface area contributed by atoms with Gasteiger partial charge in [-0.2, -0.15) is 8.78 Å². The SMILES string of the molecule is FCOC(F)(F)COC(F)(F)F. The first kappa shape index (κ1) is 11.5. The Labute approximate surface area is 63.1 Å². The van der Waals surface area contributed by atoms with Gasteiger partial charge in [0.15, 0.2) is 6.86 Å². The van der Waals surface area contributed by atoms with Crippen molar-refractivity contribution in [3.05, 3.63) is 0 Å². The van der Waals surface area contributed by atoms with E-state index in [9.17, 15) is 26.3 Å². The summed E-state index contributed by atoms with van der Waals surface area (Å²) in [6.45, 7) is -3.94. The fourth-order valence-corrected chi connectivity index (χ4v) is 0.287. The molecule has 0 unspecified atom stereocenters. The number of ether oxygens (including phenoxy) is 2. The van der Waals surface area contributed by atoms with Gasteiger partial charge in [-0.05, 0) is 0 Å². The predicted molar refractivity (Wildman–Crippen MR) is 24.0 cm³/mol. The van der Waals surface area contributed by atoms with Gasteiger partial charge in [-0.1, -0.05) is 0 Å². The maximum absolute atomic E-state index is 11.9. The van der Waals surface area contributed by atoms with Crippen LogP contribution in [0.15, 0.2) is 0 Å². The van der Waals surface area contributed by atoms with Crippen LogP contribution in [-0.2, 0) is 9.47 Å². The molecule has 0 aromatic heterocycles. The number of alkyl halides is 6. The third kappa shape index (κ3) is 6.23. The van der Waals surface area contributed by atoms with E-state index in [4.69, 9.17) is 0 Å². The molecule has 0 aromatic carbocycles. The van der Waals surface area contributed by atoms with E-state index in [1.54, 1.807) is 0 Å². The zero-order valence-corrected chi connectivity index (χ0v) is 5.50. The van der Waals surface area contributed by atoms with Gasteiger partial charge < -0.3 is 0 Å². The molecule has 0 heterocycles. The minimum Gasteiger partial charge on any atom is -0.287 e. The van der Waals surface area contributed by atoms with Gasteiger partial charge in [0.2, 0.25) is 0 Å². The van der Waals surface area contributed by atoms with Crippen LogP contribution in [0.3, 0.4) is 0 Å². The molecule has 0 saturated heterocycles. The lowest BCUT2D eigenvalue weighted by Gasteiger charge is -2.15. The Balaban J connectivity index is 3.75. The van der Waals surface area contributed by atoms with E-state index in [0.717, 1.165) is 0 Å². The summed E-state index contributed by atoms with van der Waals surface area (Å²) in [4.78, 5) is 0. The third-order valence-corrected chi connectivity index (χ3v) is 0.670. The van der Waals surface area contributed by atoms with Crippen molar-refractivity contribution in [1.82, 2.24) is 0 Å². The Bertz CT molecular complexity index is 132. The molecule has 0 aliphatic heterocycles. The molecule has 0 spiro atoms. The van der Waals surface area contributed by atoms with Gasteiger partial charge >= 0.3 is 12.5 Å². The van der Waals surface area contributed by atoms with Crippen LogP contribution in [0.4, 0.5) is 26.3 Å². The van der Waals surface area contributed by atoms with Crippen molar-refractivity contribution in [2.24, 2.45) is 0 Å². The summed E-state index contributed by atoms with van der Waals surface area (Å²) in [6.07, 6.45) is -9.44. The molecule has 8 heteroatoms.